The average molecular weight is 379 g/mol. The van der Waals surface area contributed by atoms with Crippen molar-refractivity contribution in [2.24, 2.45) is 0 Å². The quantitative estimate of drug-likeness (QED) is 0.476. The number of benzene rings is 1. The van der Waals surface area contributed by atoms with Crippen LogP contribution in [0.3, 0.4) is 0 Å². The summed E-state index contributed by atoms with van der Waals surface area (Å²) in [6.45, 7) is 12.2. The van der Waals surface area contributed by atoms with Crippen LogP contribution in [-0.2, 0) is 9.53 Å². The third-order valence-electron chi connectivity index (χ3n) is 5.08. The van der Waals surface area contributed by atoms with Crippen molar-refractivity contribution in [2.45, 2.75) is 65.4 Å². The molecule has 1 amide bonds. The van der Waals surface area contributed by atoms with Crippen LogP contribution in [0, 0.1) is 0 Å². The Balaban J connectivity index is 2.47. The van der Waals surface area contributed by atoms with E-state index in [1.807, 2.05) is 31.2 Å². The van der Waals surface area contributed by atoms with Crippen LogP contribution < -0.4 is 10.1 Å². The summed E-state index contributed by atoms with van der Waals surface area (Å²) in [5.74, 6) is 0.721. The fraction of sp³-hybridized carbons (Fsp3) is 0.682. The monoisotopic (exact) mass is 378 g/mol. The van der Waals surface area contributed by atoms with Crippen LogP contribution in [0.5, 0.6) is 5.75 Å². The van der Waals surface area contributed by atoms with Gasteiger partial charge in [-0.2, -0.15) is 0 Å². The second kappa shape index (κ2) is 12.7. The van der Waals surface area contributed by atoms with Crippen LogP contribution in [0.25, 0.3) is 0 Å². The van der Waals surface area contributed by atoms with Crippen LogP contribution in [0.15, 0.2) is 24.3 Å². The Morgan fingerprint density at radius 1 is 1.07 bits per heavy atom. The molecule has 5 heteroatoms. The molecule has 0 spiro atoms. The van der Waals surface area contributed by atoms with E-state index in [9.17, 15) is 4.79 Å². The molecule has 0 aliphatic rings. The maximum Gasteiger partial charge on any atom is 0.256 e. The van der Waals surface area contributed by atoms with E-state index >= 15 is 0 Å². The van der Waals surface area contributed by atoms with Gasteiger partial charge in [-0.3, -0.25) is 4.79 Å². The van der Waals surface area contributed by atoms with Gasteiger partial charge < -0.3 is 19.7 Å². The minimum Gasteiger partial charge on any atom is -0.494 e. The van der Waals surface area contributed by atoms with E-state index in [-0.39, 0.29) is 5.91 Å². The molecule has 0 saturated carbocycles. The Labute approximate surface area is 165 Å². The van der Waals surface area contributed by atoms with E-state index in [4.69, 9.17) is 9.47 Å². The van der Waals surface area contributed by atoms with Gasteiger partial charge in [-0.05, 0) is 57.1 Å². The van der Waals surface area contributed by atoms with Crippen molar-refractivity contribution in [1.82, 2.24) is 4.90 Å². The third-order valence-corrected chi connectivity index (χ3v) is 5.08. The predicted octanol–water partition coefficient (Wildman–Crippen LogP) is 4.72. The number of rotatable bonds is 14. The maximum absolute atomic E-state index is 12.6. The van der Waals surface area contributed by atoms with Crippen molar-refractivity contribution in [3.63, 3.8) is 0 Å². The van der Waals surface area contributed by atoms with Gasteiger partial charge in [-0.15, -0.1) is 0 Å². The van der Waals surface area contributed by atoms with E-state index in [0.717, 1.165) is 63.2 Å². The lowest BCUT2D eigenvalue weighted by molar-refractivity contribution is -0.136. The van der Waals surface area contributed by atoms with Crippen LogP contribution in [0.1, 0.15) is 59.8 Å². The van der Waals surface area contributed by atoms with Gasteiger partial charge in [0.25, 0.3) is 5.91 Å². The maximum atomic E-state index is 12.6. The molecule has 0 aromatic heterocycles. The third kappa shape index (κ3) is 8.31. The van der Waals surface area contributed by atoms with Crippen molar-refractivity contribution < 1.29 is 14.3 Å². The van der Waals surface area contributed by atoms with Gasteiger partial charge in [0.15, 0.2) is 0 Å². The molecule has 1 atom stereocenters. The van der Waals surface area contributed by atoms with E-state index in [2.05, 4.69) is 31.0 Å². The van der Waals surface area contributed by atoms with Gasteiger partial charge in [0.1, 0.15) is 11.4 Å². The summed E-state index contributed by atoms with van der Waals surface area (Å²) in [4.78, 5) is 15.0. The number of nitrogens with one attached hydrogen (secondary N) is 1. The first-order valence-corrected chi connectivity index (χ1v) is 10.3. The number of nitrogens with zero attached hydrogens (tertiary/aromatic N) is 1. The molecule has 1 rings (SSSR count). The summed E-state index contributed by atoms with van der Waals surface area (Å²) in [5.41, 5.74) is -0.0383. The number of anilines is 1. The number of methoxy groups -OCH3 is 1. The zero-order valence-electron chi connectivity index (χ0n) is 17.8. The highest BCUT2D eigenvalue weighted by atomic mass is 16.5. The summed E-state index contributed by atoms with van der Waals surface area (Å²) in [6.07, 6.45) is 4.93. The number of hydrogen-bond acceptors (Lipinski definition) is 4. The number of carbonyl (C=O) groups is 1. The lowest BCUT2D eigenvalue weighted by atomic mass is 9.97. The van der Waals surface area contributed by atoms with Gasteiger partial charge in [0, 0.05) is 19.3 Å². The highest BCUT2D eigenvalue weighted by molar-refractivity contribution is 5.97. The molecule has 0 saturated heterocycles. The van der Waals surface area contributed by atoms with E-state index < -0.39 is 5.60 Å². The number of ether oxygens (including phenoxy) is 2. The lowest BCUT2D eigenvalue weighted by Crippen LogP contribution is -2.41. The van der Waals surface area contributed by atoms with Crippen molar-refractivity contribution in [3.05, 3.63) is 24.3 Å². The minimum absolute atomic E-state index is 0.103. The molecule has 154 valence electrons. The molecule has 0 unspecified atom stereocenters. The summed E-state index contributed by atoms with van der Waals surface area (Å²) in [5, 5.41) is 2.96. The predicted molar refractivity (Wildman–Crippen MR) is 113 cm³/mol. The van der Waals surface area contributed by atoms with E-state index in [1.54, 1.807) is 7.11 Å². The zero-order valence-corrected chi connectivity index (χ0v) is 17.8. The van der Waals surface area contributed by atoms with Crippen LogP contribution >= 0.6 is 0 Å². The van der Waals surface area contributed by atoms with Gasteiger partial charge in [0.2, 0.25) is 0 Å². The van der Waals surface area contributed by atoms with E-state index in [1.165, 1.54) is 0 Å². The number of hydrogen-bond donors (Lipinski definition) is 1. The first kappa shape index (κ1) is 23.4. The van der Waals surface area contributed by atoms with Crippen molar-refractivity contribution in [3.8, 4) is 5.75 Å². The summed E-state index contributed by atoms with van der Waals surface area (Å²) < 4.78 is 11.3. The Bertz CT molecular complexity index is 529. The van der Waals surface area contributed by atoms with Gasteiger partial charge in [0.05, 0.1) is 6.61 Å². The molecule has 1 aromatic rings. The molecular weight excluding hydrogens is 340 g/mol. The summed E-state index contributed by atoms with van der Waals surface area (Å²) in [7, 11) is 1.60. The summed E-state index contributed by atoms with van der Waals surface area (Å²) in [6, 6.07) is 7.54. The molecule has 1 N–H and O–H groups in total. The van der Waals surface area contributed by atoms with Gasteiger partial charge >= 0.3 is 0 Å². The molecule has 5 nitrogen and oxygen atoms in total. The average Bonchev–Trinajstić information content (AvgIpc) is 2.69. The highest BCUT2D eigenvalue weighted by Crippen LogP contribution is 2.22. The van der Waals surface area contributed by atoms with Crippen molar-refractivity contribution in [1.29, 1.82) is 0 Å². The normalized spacial score (nSPS) is 13.4. The van der Waals surface area contributed by atoms with Crippen molar-refractivity contribution in [2.75, 3.05) is 38.7 Å². The highest BCUT2D eigenvalue weighted by Gasteiger charge is 2.32. The Morgan fingerprint density at radius 2 is 1.74 bits per heavy atom. The SMILES string of the molecule is CCCCC[C@](C)(OC)C(=O)Nc1ccc(OCCCN(CC)CC)cc1. The molecule has 1 aromatic carbocycles. The zero-order chi connectivity index (χ0) is 20.1. The van der Waals surface area contributed by atoms with Gasteiger partial charge in [-0.25, -0.2) is 0 Å². The van der Waals surface area contributed by atoms with Crippen LogP contribution in [0.4, 0.5) is 5.69 Å². The minimum atomic E-state index is -0.797. The van der Waals surface area contributed by atoms with Crippen LogP contribution in [-0.4, -0.2) is 49.8 Å². The molecule has 27 heavy (non-hydrogen) atoms. The molecule has 0 aliphatic carbocycles. The number of carbonyl (C=O) groups excluding carboxylic acids is 1. The standard InChI is InChI=1S/C22H38N2O3/c1-6-9-10-16-22(4,26-5)21(25)23-19-12-14-20(15-13-19)27-18-11-17-24(7-2)8-3/h12-15H,6-11,16-18H2,1-5H3,(H,23,25)/t22-/m0/s1. The fourth-order valence-electron chi connectivity index (χ4n) is 2.94. The smallest absolute Gasteiger partial charge is 0.256 e. The lowest BCUT2D eigenvalue weighted by Gasteiger charge is -2.27. The number of amides is 1. The van der Waals surface area contributed by atoms with E-state index in [0.29, 0.717) is 6.61 Å². The Kier molecular flexibility index (Phi) is 11.1. The topological polar surface area (TPSA) is 50.8 Å². The molecule has 0 heterocycles. The second-order valence-corrected chi connectivity index (χ2v) is 7.10. The molecule has 0 bridgehead atoms. The van der Waals surface area contributed by atoms with Crippen LogP contribution in [0.2, 0.25) is 0 Å². The largest absolute Gasteiger partial charge is 0.494 e. The second-order valence-electron chi connectivity index (χ2n) is 7.10. The molecule has 0 aliphatic heterocycles. The van der Waals surface area contributed by atoms with Crippen molar-refractivity contribution >= 4 is 11.6 Å². The van der Waals surface area contributed by atoms with Gasteiger partial charge in [-0.1, -0.05) is 40.0 Å². The fourth-order valence-corrected chi connectivity index (χ4v) is 2.94. The number of unbranched alkanes of at least 4 members (excludes halogenated alkanes) is 2. The summed E-state index contributed by atoms with van der Waals surface area (Å²) >= 11 is 0. The first-order valence-electron chi connectivity index (χ1n) is 10.3. The Hall–Kier alpha value is -1.59. The molecular formula is C22H38N2O3. The first-order chi connectivity index (χ1) is 13.0. The molecule has 0 fully saturated rings. The Morgan fingerprint density at radius 3 is 2.30 bits per heavy atom. The molecule has 0 radical (unpaired) electrons.